The maximum absolute atomic E-state index is 13.1. The van der Waals surface area contributed by atoms with Crippen LogP contribution in [0.25, 0.3) is 0 Å². The van der Waals surface area contributed by atoms with Crippen molar-refractivity contribution in [3.05, 3.63) is 33.9 Å². The molecule has 0 radical (unpaired) electrons. The van der Waals surface area contributed by atoms with Crippen LogP contribution in [0, 0.1) is 10.1 Å². The van der Waals surface area contributed by atoms with Gasteiger partial charge in [0.05, 0.1) is 10.5 Å². The maximum atomic E-state index is 13.1. The Morgan fingerprint density at radius 2 is 1.95 bits per heavy atom. The van der Waals surface area contributed by atoms with Gasteiger partial charge in [0, 0.05) is 29.9 Å². The molecule has 0 saturated heterocycles. The number of nitrogens with one attached hydrogen (secondary N) is 1. The van der Waals surface area contributed by atoms with Gasteiger partial charge in [0.15, 0.2) is 0 Å². The van der Waals surface area contributed by atoms with E-state index in [1.54, 1.807) is 0 Å². The van der Waals surface area contributed by atoms with Crippen LogP contribution >= 0.6 is 0 Å². The molecule has 0 aliphatic heterocycles. The van der Waals surface area contributed by atoms with Gasteiger partial charge in [-0.1, -0.05) is 12.8 Å². The normalized spacial score (nSPS) is 17.7. The molecule has 2 rings (SSSR count). The zero-order valence-corrected chi connectivity index (χ0v) is 11.2. The summed E-state index contributed by atoms with van der Waals surface area (Å²) in [5, 5.41) is 13.5. The average molecular weight is 303 g/mol. The number of nitrogens with zero attached hydrogens (tertiary/aromatic N) is 1. The summed E-state index contributed by atoms with van der Waals surface area (Å²) in [6, 6.07) is 2.73. The first-order valence-corrected chi connectivity index (χ1v) is 6.61. The minimum atomic E-state index is -4.66. The number of nitro groups is 1. The van der Waals surface area contributed by atoms with Gasteiger partial charge in [0.2, 0.25) is 0 Å². The molecule has 116 valence electrons. The molecular weight excluding hydrogens is 287 g/mol. The van der Waals surface area contributed by atoms with Crippen LogP contribution in [-0.2, 0) is 6.18 Å². The lowest BCUT2D eigenvalue weighted by Gasteiger charge is -2.31. The van der Waals surface area contributed by atoms with Gasteiger partial charge < -0.3 is 11.1 Å². The molecule has 1 aromatic carbocycles. The number of non-ortho nitro benzene ring substituents is 1. The fourth-order valence-corrected chi connectivity index (χ4v) is 2.71. The number of benzene rings is 1. The van der Waals surface area contributed by atoms with Crippen molar-refractivity contribution < 1.29 is 18.1 Å². The van der Waals surface area contributed by atoms with Crippen molar-refractivity contribution in [1.82, 2.24) is 0 Å². The van der Waals surface area contributed by atoms with E-state index < -0.39 is 27.9 Å². The average Bonchev–Trinajstić information content (AvgIpc) is 2.87. The monoisotopic (exact) mass is 303 g/mol. The topological polar surface area (TPSA) is 81.2 Å². The summed E-state index contributed by atoms with van der Waals surface area (Å²) in [4.78, 5) is 9.81. The first-order valence-electron chi connectivity index (χ1n) is 6.61. The summed E-state index contributed by atoms with van der Waals surface area (Å²) in [7, 11) is 0. The van der Waals surface area contributed by atoms with Crippen molar-refractivity contribution in [1.29, 1.82) is 0 Å². The second-order valence-electron chi connectivity index (χ2n) is 5.30. The van der Waals surface area contributed by atoms with E-state index in [4.69, 9.17) is 5.73 Å². The van der Waals surface area contributed by atoms with E-state index in [0.717, 1.165) is 25.0 Å². The van der Waals surface area contributed by atoms with Gasteiger partial charge in [0.25, 0.3) is 5.69 Å². The number of halogens is 3. The molecule has 5 nitrogen and oxygen atoms in total. The third-order valence-corrected chi connectivity index (χ3v) is 3.87. The fourth-order valence-electron chi connectivity index (χ4n) is 2.71. The predicted octanol–water partition coefficient (Wildman–Crippen LogP) is 3.30. The molecule has 0 aromatic heterocycles. The van der Waals surface area contributed by atoms with Crippen LogP contribution in [-0.4, -0.2) is 17.0 Å². The van der Waals surface area contributed by atoms with Gasteiger partial charge in [-0.2, -0.15) is 13.2 Å². The van der Waals surface area contributed by atoms with E-state index >= 15 is 0 Å². The van der Waals surface area contributed by atoms with E-state index in [9.17, 15) is 23.3 Å². The Kier molecular flexibility index (Phi) is 4.08. The van der Waals surface area contributed by atoms with Gasteiger partial charge in [-0.05, 0) is 18.9 Å². The molecule has 0 atom stereocenters. The van der Waals surface area contributed by atoms with E-state index in [1.165, 1.54) is 0 Å². The Bertz CT molecular complexity index is 540. The standard InChI is InChI=1S/C13H16F3N3O2/c14-13(15,16)10-7-9(19(20)21)3-4-11(10)18-12(8-17)5-1-2-6-12/h3-4,7,18H,1-2,5-6,8,17H2. The highest BCUT2D eigenvalue weighted by atomic mass is 19.4. The van der Waals surface area contributed by atoms with Crippen LogP contribution < -0.4 is 11.1 Å². The Labute approximate surface area is 119 Å². The summed E-state index contributed by atoms with van der Waals surface area (Å²) < 4.78 is 39.3. The summed E-state index contributed by atoms with van der Waals surface area (Å²) >= 11 is 0. The molecule has 21 heavy (non-hydrogen) atoms. The summed E-state index contributed by atoms with van der Waals surface area (Å²) in [5.41, 5.74) is 3.38. The number of nitro benzene ring substituents is 1. The lowest BCUT2D eigenvalue weighted by molar-refractivity contribution is -0.385. The largest absolute Gasteiger partial charge is 0.418 e. The van der Waals surface area contributed by atoms with Crippen molar-refractivity contribution in [2.75, 3.05) is 11.9 Å². The van der Waals surface area contributed by atoms with Gasteiger partial charge in [0.1, 0.15) is 0 Å². The number of hydrogen-bond donors (Lipinski definition) is 2. The van der Waals surface area contributed by atoms with Gasteiger partial charge in [-0.15, -0.1) is 0 Å². The minimum Gasteiger partial charge on any atom is -0.378 e. The molecule has 1 fully saturated rings. The Morgan fingerprint density at radius 1 is 1.33 bits per heavy atom. The molecule has 0 spiro atoms. The highest BCUT2D eigenvalue weighted by Crippen LogP contribution is 2.40. The third kappa shape index (κ3) is 3.26. The second kappa shape index (κ2) is 5.51. The molecule has 0 bridgehead atoms. The molecule has 3 N–H and O–H groups in total. The third-order valence-electron chi connectivity index (χ3n) is 3.87. The predicted molar refractivity (Wildman–Crippen MR) is 72.0 cm³/mol. The SMILES string of the molecule is NCC1(Nc2ccc([N+](=O)[O-])cc2C(F)(F)F)CCCC1. The van der Waals surface area contributed by atoms with Crippen molar-refractivity contribution in [2.24, 2.45) is 5.73 Å². The second-order valence-corrected chi connectivity index (χ2v) is 5.30. The van der Waals surface area contributed by atoms with Crippen LogP contribution in [0.15, 0.2) is 18.2 Å². The molecular formula is C13H16F3N3O2. The Balaban J connectivity index is 2.41. The minimum absolute atomic E-state index is 0.152. The van der Waals surface area contributed by atoms with Crippen LogP contribution in [0.2, 0.25) is 0 Å². The van der Waals surface area contributed by atoms with Crippen LogP contribution in [0.4, 0.5) is 24.5 Å². The lowest BCUT2D eigenvalue weighted by Crippen LogP contribution is -2.43. The van der Waals surface area contributed by atoms with Crippen LogP contribution in [0.5, 0.6) is 0 Å². The van der Waals surface area contributed by atoms with Crippen molar-refractivity contribution in [3.8, 4) is 0 Å². The smallest absolute Gasteiger partial charge is 0.378 e. The molecule has 1 aliphatic rings. The van der Waals surface area contributed by atoms with Gasteiger partial charge >= 0.3 is 6.18 Å². The number of anilines is 1. The molecule has 1 aromatic rings. The molecule has 1 aliphatic carbocycles. The Morgan fingerprint density at radius 3 is 2.43 bits per heavy atom. The van der Waals surface area contributed by atoms with E-state index in [2.05, 4.69) is 5.32 Å². The van der Waals surface area contributed by atoms with Crippen LogP contribution in [0.1, 0.15) is 31.2 Å². The van der Waals surface area contributed by atoms with Crippen molar-refractivity contribution in [3.63, 3.8) is 0 Å². The quantitative estimate of drug-likeness (QED) is 0.660. The summed E-state index contributed by atoms with van der Waals surface area (Å²) in [5.74, 6) is 0. The molecule has 8 heteroatoms. The van der Waals surface area contributed by atoms with Crippen molar-refractivity contribution in [2.45, 2.75) is 37.4 Å². The van der Waals surface area contributed by atoms with Crippen LogP contribution in [0.3, 0.4) is 0 Å². The number of rotatable bonds is 4. The first-order chi connectivity index (χ1) is 9.77. The molecule has 0 heterocycles. The fraction of sp³-hybridized carbons (Fsp3) is 0.538. The summed E-state index contributed by atoms with van der Waals surface area (Å²) in [6.07, 6.45) is -1.48. The molecule has 0 unspecified atom stereocenters. The number of hydrogen-bond acceptors (Lipinski definition) is 4. The number of alkyl halides is 3. The highest BCUT2D eigenvalue weighted by Gasteiger charge is 2.39. The maximum Gasteiger partial charge on any atom is 0.418 e. The number of nitrogens with two attached hydrogens (primary N) is 1. The lowest BCUT2D eigenvalue weighted by atomic mass is 9.96. The van der Waals surface area contributed by atoms with Gasteiger partial charge in [-0.3, -0.25) is 10.1 Å². The van der Waals surface area contributed by atoms with E-state index in [-0.39, 0.29) is 12.2 Å². The zero-order chi connectivity index (χ0) is 15.7. The zero-order valence-electron chi connectivity index (χ0n) is 11.2. The summed E-state index contributed by atoms with van der Waals surface area (Å²) in [6.45, 7) is 0.223. The highest BCUT2D eigenvalue weighted by molar-refractivity contribution is 5.59. The first kappa shape index (κ1) is 15.6. The van der Waals surface area contributed by atoms with E-state index in [1.807, 2.05) is 0 Å². The molecule has 0 amide bonds. The Hall–Kier alpha value is -1.83. The van der Waals surface area contributed by atoms with Gasteiger partial charge in [-0.25, -0.2) is 0 Å². The van der Waals surface area contributed by atoms with E-state index in [0.29, 0.717) is 18.9 Å². The molecule has 1 saturated carbocycles. The van der Waals surface area contributed by atoms with Crippen molar-refractivity contribution >= 4 is 11.4 Å².